The number of nitrogen functional groups attached to an aromatic ring is 1. The Kier molecular flexibility index (Phi) is 3.70. The molecule has 0 aliphatic carbocycles. The predicted octanol–water partition coefficient (Wildman–Crippen LogP) is 2.92. The van der Waals surface area contributed by atoms with Crippen LogP contribution in [-0.2, 0) is 6.54 Å². The number of aromatic nitrogens is 1. The summed E-state index contributed by atoms with van der Waals surface area (Å²) in [5, 5.41) is 3.18. The van der Waals surface area contributed by atoms with Crippen LogP contribution in [0, 0.1) is 0 Å². The number of nitrogens with one attached hydrogen (secondary N) is 1. The first-order valence-electron chi connectivity index (χ1n) is 6.36. The van der Waals surface area contributed by atoms with Gasteiger partial charge in [0.25, 0.3) is 5.91 Å². The normalized spacial score (nSPS) is 10.5. The van der Waals surface area contributed by atoms with Gasteiger partial charge in [0.2, 0.25) is 0 Å². The zero-order valence-electron chi connectivity index (χ0n) is 11.1. The number of nitrogens with two attached hydrogens (primary N) is 1. The summed E-state index contributed by atoms with van der Waals surface area (Å²) in [4.78, 5) is 17.1. The minimum absolute atomic E-state index is 0.209. The standard InChI is InChI=1S/C15H13N3O2S/c16-15-18-12(10-5-2-1-3-6-10)13(21-15)14(19)17-9-11-7-4-8-20-11/h1-8H,9H2,(H2,16,18)(H,17,19). The Morgan fingerprint density at radius 1 is 1.24 bits per heavy atom. The molecule has 2 aromatic heterocycles. The van der Waals surface area contributed by atoms with Crippen molar-refractivity contribution in [1.82, 2.24) is 10.3 Å². The Hall–Kier alpha value is -2.60. The maximum atomic E-state index is 12.3. The van der Waals surface area contributed by atoms with E-state index in [2.05, 4.69) is 10.3 Å². The molecular formula is C15H13N3O2S. The monoisotopic (exact) mass is 299 g/mol. The van der Waals surface area contributed by atoms with Crippen LogP contribution in [0.5, 0.6) is 0 Å². The van der Waals surface area contributed by atoms with Crippen LogP contribution in [0.3, 0.4) is 0 Å². The Morgan fingerprint density at radius 2 is 2.05 bits per heavy atom. The van der Waals surface area contributed by atoms with Gasteiger partial charge in [-0.3, -0.25) is 4.79 Å². The molecule has 5 nitrogen and oxygen atoms in total. The average molecular weight is 299 g/mol. The van der Waals surface area contributed by atoms with Gasteiger partial charge in [0.1, 0.15) is 10.6 Å². The van der Waals surface area contributed by atoms with Gasteiger partial charge in [-0.1, -0.05) is 41.7 Å². The molecule has 3 N–H and O–H groups in total. The summed E-state index contributed by atoms with van der Waals surface area (Å²) >= 11 is 1.18. The molecule has 3 rings (SSSR count). The number of hydrogen-bond donors (Lipinski definition) is 2. The largest absolute Gasteiger partial charge is 0.467 e. The van der Waals surface area contributed by atoms with E-state index in [-0.39, 0.29) is 5.91 Å². The Labute approximate surface area is 125 Å². The molecule has 0 spiro atoms. The van der Waals surface area contributed by atoms with E-state index in [4.69, 9.17) is 10.2 Å². The van der Waals surface area contributed by atoms with Gasteiger partial charge in [-0.05, 0) is 12.1 Å². The third-order valence-corrected chi connectivity index (χ3v) is 3.78. The molecule has 1 amide bonds. The van der Waals surface area contributed by atoms with Crippen molar-refractivity contribution >= 4 is 22.4 Å². The molecule has 0 atom stereocenters. The molecule has 106 valence electrons. The number of hydrogen-bond acceptors (Lipinski definition) is 5. The van der Waals surface area contributed by atoms with Crippen LogP contribution < -0.4 is 11.1 Å². The smallest absolute Gasteiger partial charge is 0.264 e. The molecule has 3 aromatic rings. The van der Waals surface area contributed by atoms with Crippen LogP contribution >= 0.6 is 11.3 Å². The Morgan fingerprint density at radius 3 is 2.76 bits per heavy atom. The molecule has 0 fully saturated rings. The van der Waals surface area contributed by atoms with Gasteiger partial charge < -0.3 is 15.5 Å². The number of thiazole rings is 1. The van der Waals surface area contributed by atoms with Crippen LogP contribution in [0.1, 0.15) is 15.4 Å². The zero-order chi connectivity index (χ0) is 14.7. The fraction of sp³-hybridized carbons (Fsp3) is 0.0667. The minimum Gasteiger partial charge on any atom is -0.467 e. The van der Waals surface area contributed by atoms with E-state index >= 15 is 0 Å². The third-order valence-electron chi connectivity index (χ3n) is 2.90. The van der Waals surface area contributed by atoms with Crippen LogP contribution in [0.4, 0.5) is 5.13 Å². The second-order valence-corrected chi connectivity index (χ2v) is 5.39. The number of benzene rings is 1. The van der Waals surface area contributed by atoms with Crippen molar-refractivity contribution in [3.63, 3.8) is 0 Å². The first-order chi connectivity index (χ1) is 10.2. The summed E-state index contributed by atoms with van der Waals surface area (Å²) in [6.07, 6.45) is 1.57. The van der Waals surface area contributed by atoms with Gasteiger partial charge in [-0.25, -0.2) is 4.98 Å². The lowest BCUT2D eigenvalue weighted by Gasteiger charge is -2.03. The van der Waals surface area contributed by atoms with E-state index in [0.29, 0.717) is 28.0 Å². The van der Waals surface area contributed by atoms with Crippen molar-refractivity contribution in [2.45, 2.75) is 6.54 Å². The molecule has 2 heterocycles. The number of rotatable bonds is 4. The molecule has 0 saturated heterocycles. The maximum Gasteiger partial charge on any atom is 0.264 e. The predicted molar refractivity (Wildman–Crippen MR) is 81.8 cm³/mol. The summed E-state index contributed by atoms with van der Waals surface area (Å²) in [6, 6.07) is 13.1. The fourth-order valence-electron chi connectivity index (χ4n) is 1.94. The molecular weight excluding hydrogens is 286 g/mol. The van der Waals surface area contributed by atoms with Crippen molar-refractivity contribution in [3.8, 4) is 11.3 Å². The van der Waals surface area contributed by atoms with Crippen LogP contribution in [0.15, 0.2) is 53.1 Å². The van der Waals surface area contributed by atoms with Crippen LogP contribution in [0.25, 0.3) is 11.3 Å². The van der Waals surface area contributed by atoms with Gasteiger partial charge in [0.05, 0.1) is 18.5 Å². The zero-order valence-corrected chi connectivity index (χ0v) is 11.9. The number of carbonyl (C=O) groups is 1. The van der Waals surface area contributed by atoms with Gasteiger partial charge in [0.15, 0.2) is 5.13 Å². The first-order valence-corrected chi connectivity index (χ1v) is 7.18. The lowest BCUT2D eigenvalue weighted by Crippen LogP contribution is -2.22. The topological polar surface area (TPSA) is 81.1 Å². The number of furan rings is 1. The summed E-state index contributed by atoms with van der Waals surface area (Å²) < 4.78 is 5.19. The van der Waals surface area contributed by atoms with E-state index in [1.165, 1.54) is 11.3 Å². The average Bonchev–Trinajstić information content (AvgIpc) is 3.15. The van der Waals surface area contributed by atoms with Gasteiger partial charge >= 0.3 is 0 Å². The van der Waals surface area contributed by atoms with E-state index in [0.717, 1.165) is 5.56 Å². The van der Waals surface area contributed by atoms with Crippen molar-refractivity contribution in [2.24, 2.45) is 0 Å². The molecule has 0 saturated carbocycles. The highest BCUT2D eigenvalue weighted by Gasteiger charge is 2.18. The van der Waals surface area contributed by atoms with E-state index in [1.807, 2.05) is 30.3 Å². The van der Waals surface area contributed by atoms with Crippen molar-refractivity contribution in [3.05, 3.63) is 59.4 Å². The summed E-state index contributed by atoms with van der Waals surface area (Å²) in [5.41, 5.74) is 7.23. The molecule has 0 bridgehead atoms. The molecule has 0 aliphatic heterocycles. The molecule has 0 unspecified atom stereocenters. The Bertz CT molecular complexity index is 736. The van der Waals surface area contributed by atoms with Gasteiger partial charge in [0, 0.05) is 5.56 Å². The van der Waals surface area contributed by atoms with E-state index < -0.39 is 0 Å². The van der Waals surface area contributed by atoms with Crippen molar-refractivity contribution < 1.29 is 9.21 Å². The third kappa shape index (κ3) is 2.95. The van der Waals surface area contributed by atoms with Gasteiger partial charge in [-0.15, -0.1) is 0 Å². The highest BCUT2D eigenvalue weighted by molar-refractivity contribution is 7.17. The maximum absolute atomic E-state index is 12.3. The molecule has 21 heavy (non-hydrogen) atoms. The molecule has 0 aliphatic rings. The van der Waals surface area contributed by atoms with Crippen molar-refractivity contribution in [1.29, 1.82) is 0 Å². The number of amides is 1. The summed E-state index contributed by atoms with van der Waals surface area (Å²) in [5.74, 6) is 0.488. The Balaban J connectivity index is 1.83. The second-order valence-electron chi connectivity index (χ2n) is 4.36. The molecule has 1 aromatic carbocycles. The molecule has 0 radical (unpaired) electrons. The number of nitrogens with zero attached hydrogens (tertiary/aromatic N) is 1. The van der Waals surface area contributed by atoms with Crippen LogP contribution in [0.2, 0.25) is 0 Å². The summed E-state index contributed by atoms with van der Waals surface area (Å²) in [6.45, 7) is 0.331. The highest BCUT2D eigenvalue weighted by atomic mass is 32.1. The van der Waals surface area contributed by atoms with Crippen molar-refractivity contribution in [2.75, 3.05) is 5.73 Å². The van der Waals surface area contributed by atoms with E-state index in [1.54, 1.807) is 18.4 Å². The fourth-order valence-corrected chi connectivity index (χ4v) is 2.71. The minimum atomic E-state index is -0.209. The number of anilines is 1. The van der Waals surface area contributed by atoms with Crippen LogP contribution in [-0.4, -0.2) is 10.9 Å². The number of carbonyl (C=O) groups excluding carboxylic acids is 1. The molecule has 6 heteroatoms. The lowest BCUT2D eigenvalue weighted by molar-refractivity contribution is 0.0952. The quantitative estimate of drug-likeness (QED) is 0.776. The highest BCUT2D eigenvalue weighted by Crippen LogP contribution is 2.29. The first kappa shape index (κ1) is 13.4. The van der Waals surface area contributed by atoms with Gasteiger partial charge in [-0.2, -0.15) is 0 Å². The van der Waals surface area contributed by atoms with E-state index in [9.17, 15) is 4.79 Å². The SMILES string of the molecule is Nc1nc(-c2ccccc2)c(C(=O)NCc2ccco2)s1. The summed E-state index contributed by atoms with van der Waals surface area (Å²) in [7, 11) is 0. The second kappa shape index (κ2) is 5.80. The lowest BCUT2D eigenvalue weighted by atomic mass is 10.1.